The fourth-order valence-corrected chi connectivity index (χ4v) is 6.38. The van der Waals surface area contributed by atoms with Crippen molar-refractivity contribution in [2.75, 3.05) is 10.6 Å². The Hall–Kier alpha value is -3.89. The third-order valence-corrected chi connectivity index (χ3v) is 8.50. The molecule has 2 aromatic carbocycles. The van der Waals surface area contributed by atoms with Crippen molar-refractivity contribution in [3.05, 3.63) is 57.4 Å². The molecule has 9 nitrogen and oxygen atoms in total. The molecule has 1 aliphatic carbocycles. The predicted octanol–water partition coefficient (Wildman–Crippen LogP) is 8.93. The van der Waals surface area contributed by atoms with E-state index >= 15 is 0 Å². The maximum absolute atomic E-state index is 13.4. The molecule has 0 radical (unpaired) electrons. The number of benzene rings is 2. The number of carbonyl (C=O) groups is 3. The molecular formula is C28H23Cl2F6N3O6S. The fraction of sp³-hybridized carbons (Fsp3) is 0.321. The molecule has 3 aromatic rings. The Morgan fingerprint density at radius 1 is 0.848 bits per heavy atom. The zero-order chi connectivity index (χ0) is 33.8. The van der Waals surface area contributed by atoms with E-state index in [4.69, 9.17) is 23.2 Å². The molecule has 46 heavy (non-hydrogen) atoms. The first kappa shape index (κ1) is 35.0. The van der Waals surface area contributed by atoms with E-state index in [0.717, 1.165) is 54.9 Å². The molecule has 0 spiro atoms. The first-order valence-electron chi connectivity index (χ1n) is 13.4. The number of rotatable bonds is 9. The van der Waals surface area contributed by atoms with E-state index in [1.165, 1.54) is 18.2 Å². The van der Waals surface area contributed by atoms with Crippen LogP contribution in [0, 0.1) is 5.92 Å². The van der Waals surface area contributed by atoms with Gasteiger partial charge in [0, 0.05) is 17.0 Å². The molecular weight excluding hydrogens is 691 g/mol. The topological polar surface area (TPSA) is 126 Å². The summed E-state index contributed by atoms with van der Waals surface area (Å²) in [7, 11) is 0. The Morgan fingerprint density at radius 2 is 1.41 bits per heavy atom. The van der Waals surface area contributed by atoms with Gasteiger partial charge in [-0.25, -0.2) is 9.59 Å². The Bertz CT molecular complexity index is 1570. The van der Waals surface area contributed by atoms with Crippen molar-refractivity contribution < 1.29 is 55.3 Å². The highest BCUT2D eigenvalue weighted by Crippen LogP contribution is 2.39. The lowest BCUT2D eigenvalue weighted by Gasteiger charge is -2.28. The standard InChI is InChI=1S/C28H23Cl2F6N3O6S/c29-17-10-16(45-28(34,35)36)11-18(30)22(17)39-26(43)37-19-12-20(13-6-8-15(9-7-13)44-27(31,32)33)46-23(19)24(40)38-21(25(41)42)14-4-2-1-3-5-14/h6-12,14,21H,1-5H2,(H,38,40)(H,41,42)(H2,37,39,43)/t21-/m0/s1. The number of carbonyl (C=O) groups excluding carboxylic acids is 2. The van der Waals surface area contributed by atoms with Crippen LogP contribution in [0.15, 0.2) is 42.5 Å². The zero-order valence-corrected chi connectivity index (χ0v) is 25.5. The van der Waals surface area contributed by atoms with Crippen molar-refractivity contribution in [1.29, 1.82) is 0 Å². The summed E-state index contributed by atoms with van der Waals surface area (Å²) in [5.74, 6) is -3.66. The zero-order valence-electron chi connectivity index (χ0n) is 23.2. The molecule has 0 aliphatic heterocycles. The third-order valence-electron chi connectivity index (χ3n) is 6.72. The molecule has 1 atom stereocenters. The van der Waals surface area contributed by atoms with Crippen LogP contribution in [0.25, 0.3) is 10.4 Å². The molecule has 1 aromatic heterocycles. The van der Waals surface area contributed by atoms with Crippen molar-refractivity contribution >= 4 is 63.8 Å². The number of alkyl halides is 6. The Morgan fingerprint density at radius 3 is 1.96 bits per heavy atom. The second kappa shape index (κ2) is 14.3. The molecule has 18 heteroatoms. The van der Waals surface area contributed by atoms with E-state index in [1.807, 2.05) is 0 Å². The first-order valence-corrected chi connectivity index (χ1v) is 14.9. The van der Waals surface area contributed by atoms with Crippen LogP contribution in [-0.2, 0) is 4.79 Å². The molecule has 0 bridgehead atoms. The summed E-state index contributed by atoms with van der Waals surface area (Å²) in [6, 6.07) is 5.25. The summed E-state index contributed by atoms with van der Waals surface area (Å²) in [5.41, 5.74) is -0.0848. The van der Waals surface area contributed by atoms with E-state index in [2.05, 4.69) is 25.4 Å². The lowest BCUT2D eigenvalue weighted by molar-refractivity contribution is -0.275. The van der Waals surface area contributed by atoms with E-state index in [1.54, 1.807) is 0 Å². The number of thiophene rings is 1. The van der Waals surface area contributed by atoms with Gasteiger partial charge in [0.05, 0.1) is 21.4 Å². The molecule has 248 valence electrons. The van der Waals surface area contributed by atoms with Crippen LogP contribution < -0.4 is 25.4 Å². The van der Waals surface area contributed by atoms with Crippen LogP contribution in [0.2, 0.25) is 10.0 Å². The molecule has 0 saturated heterocycles. The van der Waals surface area contributed by atoms with Gasteiger partial charge < -0.3 is 30.5 Å². The fourth-order valence-electron chi connectivity index (χ4n) is 4.80. The number of aliphatic carboxylic acids is 1. The largest absolute Gasteiger partial charge is 0.573 e. The Labute approximate surface area is 270 Å². The van der Waals surface area contributed by atoms with Crippen molar-refractivity contribution in [3.63, 3.8) is 0 Å². The van der Waals surface area contributed by atoms with Gasteiger partial charge in [-0.05, 0) is 54.7 Å². The van der Waals surface area contributed by atoms with Crippen molar-refractivity contribution in [2.45, 2.75) is 50.9 Å². The highest BCUT2D eigenvalue weighted by atomic mass is 35.5. The van der Waals surface area contributed by atoms with Gasteiger partial charge in [0.1, 0.15) is 22.4 Å². The average Bonchev–Trinajstić information content (AvgIpc) is 3.36. The summed E-state index contributed by atoms with van der Waals surface area (Å²) < 4.78 is 83.2. The van der Waals surface area contributed by atoms with Gasteiger partial charge in [-0.15, -0.1) is 37.7 Å². The number of halogens is 8. The second-order valence-corrected chi connectivity index (χ2v) is 11.9. The number of nitrogens with one attached hydrogen (secondary N) is 3. The molecule has 1 fully saturated rings. The van der Waals surface area contributed by atoms with Crippen molar-refractivity contribution in [1.82, 2.24) is 5.32 Å². The lowest BCUT2D eigenvalue weighted by atomic mass is 9.84. The van der Waals surface area contributed by atoms with Crippen LogP contribution in [0.4, 0.5) is 42.5 Å². The minimum atomic E-state index is -5.03. The van der Waals surface area contributed by atoms with E-state index in [0.29, 0.717) is 23.3 Å². The number of carboxylic acids is 1. The molecule has 3 amide bonds. The molecule has 1 aliphatic rings. The van der Waals surface area contributed by atoms with Gasteiger partial charge in [0.15, 0.2) is 0 Å². The SMILES string of the molecule is O=C(Nc1cc(-c2ccc(OC(F)(F)F)cc2)sc1C(=O)N[C@H](C(=O)O)C1CCCCC1)Nc1c(Cl)cc(OC(F)(F)F)cc1Cl. The van der Waals surface area contributed by atoms with Gasteiger partial charge >= 0.3 is 24.7 Å². The average molecular weight is 714 g/mol. The monoisotopic (exact) mass is 713 g/mol. The number of hydrogen-bond donors (Lipinski definition) is 4. The van der Waals surface area contributed by atoms with Gasteiger partial charge in [0.25, 0.3) is 5.91 Å². The second-order valence-electron chi connectivity index (χ2n) is 10.0. The van der Waals surface area contributed by atoms with Gasteiger partial charge in [-0.2, -0.15) is 0 Å². The van der Waals surface area contributed by atoms with E-state index < -0.39 is 58.2 Å². The van der Waals surface area contributed by atoms with Crippen LogP contribution in [0.3, 0.4) is 0 Å². The summed E-state index contributed by atoms with van der Waals surface area (Å²) in [5, 5.41) is 16.2. The van der Waals surface area contributed by atoms with Gasteiger partial charge in [-0.1, -0.05) is 42.5 Å². The maximum Gasteiger partial charge on any atom is 0.573 e. The maximum atomic E-state index is 13.4. The van der Waals surface area contributed by atoms with Crippen LogP contribution in [-0.4, -0.2) is 41.8 Å². The minimum Gasteiger partial charge on any atom is -0.480 e. The third kappa shape index (κ3) is 9.56. The number of urea groups is 1. The van der Waals surface area contributed by atoms with Crippen molar-refractivity contribution in [3.8, 4) is 21.9 Å². The van der Waals surface area contributed by atoms with Crippen LogP contribution in [0.1, 0.15) is 41.8 Å². The van der Waals surface area contributed by atoms with Crippen LogP contribution >= 0.6 is 34.5 Å². The molecule has 4 N–H and O–H groups in total. The lowest BCUT2D eigenvalue weighted by Crippen LogP contribution is -2.46. The highest BCUT2D eigenvalue weighted by Gasteiger charge is 2.34. The number of hydrogen-bond acceptors (Lipinski definition) is 6. The molecule has 4 rings (SSSR count). The number of amides is 3. The summed E-state index contributed by atoms with van der Waals surface area (Å²) in [6.45, 7) is 0. The van der Waals surface area contributed by atoms with Gasteiger partial charge in [-0.3, -0.25) is 4.79 Å². The van der Waals surface area contributed by atoms with Gasteiger partial charge in [0.2, 0.25) is 0 Å². The number of carboxylic acid groups (broad SMARTS) is 1. The summed E-state index contributed by atoms with van der Waals surface area (Å²) >= 11 is 12.9. The smallest absolute Gasteiger partial charge is 0.480 e. The highest BCUT2D eigenvalue weighted by molar-refractivity contribution is 7.18. The Kier molecular flexibility index (Phi) is 10.8. The normalized spacial score (nSPS) is 14.7. The molecule has 1 saturated carbocycles. The molecule has 0 unspecified atom stereocenters. The summed E-state index contributed by atoms with van der Waals surface area (Å²) in [4.78, 5) is 38.7. The van der Waals surface area contributed by atoms with E-state index in [-0.39, 0.29) is 22.2 Å². The quantitative estimate of drug-likeness (QED) is 0.164. The van der Waals surface area contributed by atoms with Crippen LogP contribution in [0.5, 0.6) is 11.5 Å². The first-order chi connectivity index (χ1) is 21.5. The number of ether oxygens (including phenoxy) is 2. The Balaban J connectivity index is 1.62. The number of anilines is 2. The molecule has 1 heterocycles. The predicted molar refractivity (Wildman–Crippen MR) is 158 cm³/mol. The minimum absolute atomic E-state index is 0.123. The summed E-state index contributed by atoms with van der Waals surface area (Å²) in [6.07, 6.45) is -6.26. The van der Waals surface area contributed by atoms with E-state index in [9.17, 15) is 45.8 Å². The van der Waals surface area contributed by atoms with Crippen molar-refractivity contribution in [2.24, 2.45) is 5.92 Å².